The summed E-state index contributed by atoms with van der Waals surface area (Å²) >= 11 is 0. The van der Waals surface area contributed by atoms with E-state index in [1.54, 1.807) is 0 Å². The van der Waals surface area contributed by atoms with Crippen LogP contribution in [0.5, 0.6) is 0 Å². The lowest BCUT2D eigenvalue weighted by Crippen LogP contribution is -2.40. The molecule has 136 valence electrons. The summed E-state index contributed by atoms with van der Waals surface area (Å²) in [4.78, 5) is 7.39. The number of hydrogen-bond donors (Lipinski definition) is 0. The van der Waals surface area contributed by atoms with Gasteiger partial charge in [-0.2, -0.15) is 0 Å². The Balaban J connectivity index is 1.44. The van der Waals surface area contributed by atoms with Gasteiger partial charge in [-0.05, 0) is 55.6 Å². The Kier molecular flexibility index (Phi) is 3.93. The molecule has 3 aliphatic rings. The van der Waals surface area contributed by atoms with Crippen LogP contribution in [0.3, 0.4) is 0 Å². The van der Waals surface area contributed by atoms with Crippen LogP contribution in [-0.4, -0.2) is 51.2 Å². The van der Waals surface area contributed by atoms with Crippen molar-refractivity contribution in [1.82, 2.24) is 24.6 Å². The number of piperidine rings is 1. The summed E-state index contributed by atoms with van der Waals surface area (Å²) in [6.45, 7) is 5.28. The Hall–Kier alpha value is -2.34. The van der Waals surface area contributed by atoms with E-state index in [9.17, 15) is 0 Å². The summed E-state index contributed by atoms with van der Waals surface area (Å²) in [6, 6.07) is 7.50. The minimum atomic E-state index is 0.367. The summed E-state index contributed by atoms with van der Waals surface area (Å²) in [5, 5.41) is 8.17. The fraction of sp³-hybridized carbons (Fsp3) is 0.500. The van der Waals surface area contributed by atoms with Gasteiger partial charge in [-0.15, -0.1) is 10.2 Å². The van der Waals surface area contributed by atoms with Gasteiger partial charge in [0.15, 0.2) is 5.82 Å². The molecule has 1 aromatic carbocycles. The van der Waals surface area contributed by atoms with Crippen molar-refractivity contribution < 1.29 is 0 Å². The normalized spacial score (nSPS) is 23.0. The topological polar surface area (TPSA) is 40.4 Å². The van der Waals surface area contributed by atoms with E-state index in [1.165, 1.54) is 49.2 Å². The number of rotatable bonds is 2. The van der Waals surface area contributed by atoms with E-state index in [4.69, 9.17) is 0 Å². The second-order valence-corrected chi connectivity index (χ2v) is 7.77. The maximum atomic E-state index is 4.14. The minimum Gasteiger partial charge on any atom is -0.372 e. The smallest absolute Gasteiger partial charge is 0.159 e. The molecular formula is C20H26N6. The van der Waals surface area contributed by atoms with Gasteiger partial charge in [0.2, 0.25) is 0 Å². The van der Waals surface area contributed by atoms with Crippen molar-refractivity contribution >= 4 is 11.8 Å². The van der Waals surface area contributed by atoms with Crippen molar-refractivity contribution in [2.24, 2.45) is 0 Å². The molecule has 4 heterocycles. The maximum Gasteiger partial charge on any atom is 0.159 e. The first-order valence-electron chi connectivity index (χ1n) is 9.66. The number of hydrogen-bond acceptors (Lipinski definition) is 5. The molecule has 0 radical (unpaired) electrons. The number of benzene rings is 1. The standard InChI is InChI=1S/C20H26N6/c1-23-12-16-11-17(24-8-3-2-4-9-24)5-6-18(16)19(13-23)25-10-7-20-22-21-14-26(20)15-25/h5-7,10-11,14,19H,2-4,8-9,12-13,15H2,1H3. The fourth-order valence-corrected chi connectivity index (χ4v) is 4.53. The van der Waals surface area contributed by atoms with Crippen LogP contribution < -0.4 is 4.90 Å². The van der Waals surface area contributed by atoms with Crippen LogP contribution in [0, 0.1) is 0 Å². The third-order valence-corrected chi connectivity index (χ3v) is 5.91. The third-order valence-electron chi connectivity index (χ3n) is 5.91. The minimum absolute atomic E-state index is 0.367. The first-order chi connectivity index (χ1) is 12.8. The van der Waals surface area contributed by atoms with E-state index >= 15 is 0 Å². The molecule has 2 aromatic rings. The molecule has 1 aromatic heterocycles. The Morgan fingerprint density at radius 1 is 1.12 bits per heavy atom. The highest BCUT2D eigenvalue weighted by Gasteiger charge is 2.29. The number of aromatic nitrogens is 3. The quantitative estimate of drug-likeness (QED) is 0.833. The zero-order valence-corrected chi connectivity index (χ0v) is 15.4. The highest BCUT2D eigenvalue weighted by atomic mass is 15.4. The van der Waals surface area contributed by atoms with E-state index < -0.39 is 0 Å². The van der Waals surface area contributed by atoms with Gasteiger partial charge in [0, 0.05) is 38.1 Å². The monoisotopic (exact) mass is 350 g/mol. The second-order valence-electron chi connectivity index (χ2n) is 7.77. The lowest BCUT2D eigenvalue weighted by atomic mass is 9.93. The lowest BCUT2D eigenvalue weighted by molar-refractivity contribution is 0.149. The average Bonchev–Trinajstić information content (AvgIpc) is 3.15. The third kappa shape index (κ3) is 2.78. The zero-order valence-electron chi connectivity index (χ0n) is 15.4. The van der Waals surface area contributed by atoms with Crippen LogP contribution in [0.25, 0.3) is 6.08 Å². The first-order valence-corrected chi connectivity index (χ1v) is 9.66. The Labute approximate surface area is 154 Å². The van der Waals surface area contributed by atoms with Gasteiger partial charge in [-0.3, -0.25) is 9.47 Å². The predicted octanol–water partition coefficient (Wildman–Crippen LogP) is 2.70. The molecule has 1 atom stereocenters. The molecule has 0 N–H and O–H groups in total. The molecule has 1 fully saturated rings. The van der Waals surface area contributed by atoms with Gasteiger partial charge < -0.3 is 9.80 Å². The summed E-state index contributed by atoms with van der Waals surface area (Å²) in [5.41, 5.74) is 4.33. The van der Waals surface area contributed by atoms with Crippen LogP contribution in [0.1, 0.15) is 42.3 Å². The molecular weight excluding hydrogens is 324 g/mol. The van der Waals surface area contributed by atoms with E-state index in [2.05, 4.69) is 67.0 Å². The van der Waals surface area contributed by atoms with Crippen LogP contribution >= 0.6 is 0 Å². The van der Waals surface area contributed by atoms with Gasteiger partial charge in [-0.1, -0.05) is 6.07 Å². The molecule has 1 unspecified atom stereocenters. The summed E-state index contributed by atoms with van der Waals surface area (Å²) in [5.74, 6) is 0.936. The number of fused-ring (bicyclic) bond motifs is 2. The van der Waals surface area contributed by atoms with E-state index in [-0.39, 0.29) is 0 Å². The molecule has 0 spiro atoms. The Morgan fingerprint density at radius 3 is 2.88 bits per heavy atom. The van der Waals surface area contributed by atoms with Crippen molar-refractivity contribution in [1.29, 1.82) is 0 Å². The fourth-order valence-electron chi connectivity index (χ4n) is 4.53. The van der Waals surface area contributed by atoms with Gasteiger partial charge in [0.05, 0.1) is 12.7 Å². The average molecular weight is 350 g/mol. The van der Waals surface area contributed by atoms with Crippen LogP contribution in [0.2, 0.25) is 0 Å². The summed E-state index contributed by atoms with van der Waals surface area (Å²) in [7, 11) is 2.22. The molecule has 0 saturated carbocycles. The van der Waals surface area contributed by atoms with Crippen molar-refractivity contribution in [3.8, 4) is 0 Å². The molecule has 6 nitrogen and oxygen atoms in total. The van der Waals surface area contributed by atoms with Crippen LogP contribution in [0.4, 0.5) is 5.69 Å². The summed E-state index contributed by atoms with van der Waals surface area (Å²) in [6.07, 6.45) is 10.1. The van der Waals surface area contributed by atoms with Crippen LogP contribution in [0.15, 0.2) is 30.7 Å². The first kappa shape index (κ1) is 15.9. The predicted molar refractivity (Wildman–Crippen MR) is 102 cm³/mol. The summed E-state index contributed by atoms with van der Waals surface area (Å²) < 4.78 is 2.11. The Morgan fingerprint density at radius 2 is 2.00 bits per heavy atom. The molecule has 0 aliphatic carbocycles. The lowest BCUT2D eigenvalue weighted by Gasteiger charge is -2.40. The van der Waals surface area contributed by atoms with Crippen molar-refractivity contribution in [2.75, 3.05) is 31.6 Å². The van der Waals surface area contributed by atoms with Crippen LogP contribution in [-0.2, 0) is 13.2 Å². The highest BCUT2D eigenvalue weighted by Crippen LogP contribution is 2.35. The molecule has 3 aliphatic heterocycles. The molecule has 0 amide bonds. The van der Waals surface area contributed by atoms with E-state index in [0.717, 1.165) is 25.6 Å². The van der Waals surface area contributed by atoms with E-state index in [1.807, 2.05) is 6.33 Å². The maximum absolute atomic E-state index is 4.14. The molecule has 1 saturated heterocycles. The highest BCUT2D eigenvalue weighted by molar-refractivity contribution is 5.53. The van der Waals surface area contributed by atoms with E-state index in [0.29, 0.717) is 6.04 Å². The van der Waals surface area contributed by atoms with Gasteiger partial charge in [-0.25, -0.2) is 0 Å². The SMILES string of the molecule is CN1Cc2cc(N3CCCCC3)ccc2C(N2C=Cc3nncn3C2)C1. The molecule has 26 heavy (non-hydrogen) atoms. The van der Waals surface area contributed by atoms with Crippen molar-refractivity contribution in [3.63, 3.8) is 0 Å². The van der Waals surface area contributed by atoms with Gasteiger partial charge in [0.25, 0.3) is 0 Å². The Bertz CT molecular complexity index is 819. The molecule has 5 rings (SSSR count). The number of likely N-dealkylation sites (N-methyl/N-ethyl adjacent to an activating group) is 1. The number of anilines is 1. The largest absolute Gasteiger partial charge is 0.372 e. The van der Waals surface area contributed by atoms with Gasteiger partial charge in [0.1, 0.15) is 6.33 Å². The number of nitrogens with zero attached hydrogens (tertiary/aromatic N) is 6. The zero-order chi connectivity index (χ0) is 17.5. The van der Waals surface area contributed by atoms with Gasteiger partial charge >= 0.3 is 0 Å². The van der Waals surface area contributed by atoms with Crippen molar-refractivity contribution in [2.45, 2.75) is 38.5 Å². The second kappa shape index (κ2) is 6.43. The van der Waals surface area contributed by atoms with Crippen molar-refractivity contribution in [3.05, 3.63) is 47.7 Å². The molecule has 6 heteroatoms. The molecule has 0 bridgehead atoms.